The number of carbonyl (C=O) groups is 3. The third-order valence-corrected chi connectivity index (χ3v) is 11.0. The maximum absolute atomic E-state index is 12.9. The van der Waals surface area contributed by atoms with Crippen molar-refractivity contribution >= 4 is 17.9 Å². The second-order valence-corrected chi connectivity index (χ2v) is 17.7. The Bertz CT molecular complexity index is 1640. The fourth-order valence-corrected chi connectivity index (χ4v) is 6.92. The Hall–Kier alpha value is -4.97. The lowest BCUT2D eigenvalue weighted by Gasteiger charge is -2.18. The molecule has 0 bridgehead atoms. The molecule has 1 atom stereocenters. The number of hydrogen-bond acceptors (Lipinski definition) is 6. The summed E-state index contributed by atoms with van der Waals surface area (Å²) in [5.74, 6) is -1.01. The van der Waals surface area contributed by atoms with Gasteiger partial charge in [0.2, 0.25) is 0 Å². The first-order valence-corrected chi connectivity index (χ1v) is 28.0. The average molecular weight is 978 g/mol. The quantitative estimate of drug-likeness (QED) is 0.0262. The van der Waals surface area contributed by atoms with E-state index in [-0.39, 0.29) is 37.5 Å². The molecule has 0 aliphatic carbocycles. The van der Waals surface area contributed by atoms with Gasteiger partial charge in [0.1, 0.15) is 13.2 Å². The summed E-state index contributed by atoms with van der Waals surface area (Å²) in [4.78, 5) is 38.2. The average Bonchev–Trinajstić information content (AvgIpc) is 3.37. The van der Waals surface area contributed by atoms with Gasteiger partial charge in [-0.15, -0.1) is 0 Å². The zero-order valence-corrected chi connectivity index (χ0v) is 45.2. The molecule has 6 heteroatoms. The smallest absolute Gasteiger partial charge is 0.306 e. The summed E-state index contributed by atoms with van der Waals surface area (Å²) < 4.78 is 16.8. The van der Waals surface area contributed by atoms with Gasteiger partial charge in [-0.1, -0.05) is 211 Å². The van der Waals surface area contributed by atoms with E-state index >= 15 is 0 Å². The van der Waals surface area contributed by atoms with Crippen LogP contribution in [0.25, 0.3) is 0 Å². The Morgan fingerprint density at radius 1 is 0.282 bits per heavy atom. The minimum Gasteiger partial charge on any atom is -0.462 e. The monoisotopic (exact) mass is 977 g/mol. The van der Waals surface area contributed by atoms with Gasteiger partial charge >= 0.3 is 17.9 Å². The molecule has 0 spiro atoms. The Morgan fingerprint density at radius 2 is 0.507 bits per heavy atom. The van der Waals surface area contributed by atoms with Crippen LogP contribution >= 0.6 is 0 Å². The van der Waals surface area contributed by atoms with Gasteiger partial charge in [-0.2, -0.15) is 0 Å². The molecule has 6 nitrogen and oxygen atoms in total. The van der Waals surface area contributed by atoms with Gasteiger partial charge < -0.3 is 14.2 Å². The molecule has 0 N–H and O–H groups in total. The van der Waals surface area contributed by atoms with Crippen LogP contribution in [-0.2, 0) is 28.6 Å². The fraction of sp³-hybridized carbons (Fsp3) is 0.554. The van der Waals surface area contributed by atoms with Crippen LogP contribution in [0.4, 0.5) is 0 Å². The molecule has 0 saturated carbocycles. The van der Waals surface area contributed by atoms with Crippen LogP contribution in [-0.4, -0.2) is 37.2 Å². The molecule has 396 valence electrons. The van der Waals surface area contributed by atoms with Crippen molar-refractivity contribution in [2.45, 2.75) is 219 Å². The van der Waals surface area contributed by atoms with Crippen LogP contribution in [0.1, 0.15) is 213 Å². The van der Waals surface area contributed by atoms with Crippen molar-refractivity contribution in [2.75, 3.05) is 13.2 Å². The largest absolute Gasteiger partial charge is 0.462 e. The number of unbranched alkanes of at least 4 members (excludes halogenated alkanes) is 11. The third kappa shape index (κ3) is 55.8. The normalized spacial score (nSPS) is 13.3. The second kappa shape index (κ2) is 57.6. The highest BCUT2D eigenvalue weighted by atomic mass is 16.6. The molecular weight excluding hydrogens is 877 g/mol. The summed E-state index contributed by atoms with van der Waals surface area (Å²) in [6.07, 6.45) is 83.7. The summed E-state index contributed by atoms with van der Waals surface area (Å²) in [6, 6.07) is 0. The standard InChI is InChI=1S/C65H100O6/c1-4-7-10-13-16-19-22-25-28-30-32-34-37-40-43-46-49-52-55-58-64(67)70-61-62(60-69-63(66)57-54-51-48-45-42-39-36-27-24-21-18-15-12-9-6-3)71-65(68)59-56-53-50-47-44-41-38-35-33-31-29-26-23-20-17-14-11-8-5-2/h7-12,16-21,25-29,32-36,40-41,43-44,62H,4-6,13-15,22-24,30-31,37-39,42,45-61H2,1-3H3/b10-7-,11-8-,12-9-,19-16-,20-17-,21-18-,28-25-,29-26-,34-32-,35-33-,36-27-,43-40-,44-41-. The van der Waals surface area contributed by atoms with E-state index < -0.39 is 6.10 Å². The Balaban J connectivity index is 4.58. The lowest BCUT2D eigenvalue weighted by atomic mass is 10.1. The molecule has 0 heterocycles. The zero-order chi connectivity index (χ0) is 51.4. The van der Waals surface area contributed by atoms with Gasteiger partial charge in [-0.3, -0.25) is 14.4 Å². The number of rotatable bonds is 48. The van der Waals surface area contributed by atoms with Crippen molar-refractivity contribution in [3.05, 3.63) is 158 Å². The predicted octanol–water partition coefficient (Wildman–Crippen LogP) is 19.0. The van der Waals surface area contributed by atoms with E-state index in [1.54, 1.807) is 0 Å². The van der Waals surface area contributed by atoms with E-state index in [1.165, 1.54) is 0 Å². The van der Waals surface area contributed by atoms with Crippen molar-refractivity contribution in [3.63, 3.8) is 0 Å². The highest BCUT2D eigenvalue weighted by Crippen LogP contribution is 2.12. The number of ether oxygens (including phenoxy) is 3. The van der Waals surface area contributed by atoms with Crippen molar-refractivity contribution in [2.24, 2.45) is 0 Å². The fourth-order valence-electron chi connectivity index (χ4n) is 6.92. The van der Waals surface area contributed by atoms with Crippen molar-refractivity contribution in [1.82, 2.24) is 0 Å². The molecule has 0 fully saturated rings. The molecule has 0 aromatic heterocycles. The minimum absolute atomic E-state index is 0.119. The summed E-state index contributed by atoms with van der Waals surface area (Å²) in [5, 5.41) is 0. The first-order chi connectivity index (χ1) is 35.0. The Morgan fingerprint density at radius 3 is 0.803 bits per heavy atom. The minimum atomic E-state index is -0.825. The molecule has 71 heavy (non-hydrogen) atoms. The second-order valence-electron chi connectivity index (χ2n) is 17.7. The van der Waals surface area contributed by atoms with E-state index in [0.29, 0.717) is 19.3 Å². The lowest BCUT2D eigenvalue weighted by molar-refractivity contribution is -0.167. The number of allylic oxidation sites excluding steroid dienone is 26. The van der Waals surface area contributed by atoms with Gasteiger partial charge in [0.05, 0.1) is 0 Å². The first kappa shape index (κ1) is 66.0. The van der Waals surface area contributed by atoms with Gasteiger partial charge in [0.15, 0.2) is 6.10 Å². The Kier molecular flexibility index (Phi) is 53.6. The number of hydrogen-bond donors (Lipinski definition) is 0. The number of esters is 3. The molecule has 0 amide bonds. The van der Waals surface area contributed by atoms with E-state index in [4.69, 9.17) is 14.2 Å². The molecule has 0 aliphatic heterocycles. The molecule has 0 radical (unpaired) electrons. The SMILES string of the molecule is CC/C=C\C/C=C\C/C=C\C/C=C\C/C=C\CCCCCC(=O)OCC(COC(=O)CCCCCCC/C=C\C/C=C\C/C=C\CC)OC(=O)CCCCC/C=C\C/C=C\C/C=C\C/C=C\C/C=C\CC. The first-order valence-electron chi connectivity index (χ1n) is 28.0. The predicted molar refractivity (Wildman–Crippen MR) is 306 cm³/mol. The third-order valence-electron chi connectivity index (χ3n) is 11.0. The lowest BCUT2D eigenvalue weighted by Crippen LogP contribution is -2.30. The Labute approximate surface area is 435 Å². The topological polar surface area (TPSA) is 78.9 Å². The maximum Gasteiger partial charge on any atom is 0.306 e. The van der Waals surface area contributed by atoms with Crippen LogP contribution in [0.15, 0.2) is 158 Å². The molecule has 1 unspecified atom stereocenters. The van der Waals surface area contributed by atoms with Crippen LogP contribution < -0.4 is 0 Å². The van der Waals surface area contributed by atoms with Crippen LogP contribution in [0.3, 0.4) is 0 Å². The summed E-state index contributed by atoms with van der Waals surface area (Å²) in [7, 11) is 0. The summed E-state index contributed by atoms with van der Waals surface area (Å²) >= 11 is 0. The van der Waals surface area contributed by atoms with E-state index in [2.05, 4.69) is 179 Å². The zero-order valence-electron chi connectivity index (χ0n) is 45.2. The van der Waals surface area contributed by atoms with Crippen LogP contribution in [0.2, 0.25) is 0 Å². The molecule has 0 aromatic carbocycles. The van der Waals surface area contributed by atoms with E-state index in [0.717, 1.165) is 167 Å². The molecule has 0 saturated heterocycles. The van der Waals surface area contributed by atoms with Gasteiger partial charge in [-0.05, 0) is 141 Å². The highest BCUT2D eigenvalue weighted by Gasteiger charge is 2.19. The summed E-state index contributed by atoms with van der Waals surface area (Å²) in [5.41, 5.74) is 0. The number of carbonyl (C=O) groups excluding carboxylic acids is 3. The van der Waals surface area contributed by atoms with Crippen molar-refractivity contribution in [1.29, 1.82) is 0 Å². The molecule has 0 aromatic rings. The summed E-state index contributed by atoms with van der Waals surface area (Å²) in [6.45, 7) is 6.21. The molecule has 0 aliphatic rings. The van der Waals surface area contributed by atoms with E-state index in [1.807, 2.05) is 0 Å². The van der Waals surface area contributed by atoms with Gasteiger partial charge in [-0.25, -0.2) is 0 Å². The van der Waals surface area contributed by atoms with Crippen molar-refractivity contribution in [3.8, 4) is 0 Å². The molecular formula is C65H100O6. The maximum atomic E-state index is 12.9. The van der Waals surface area contributed by atoms with Crippen LogP contribution in [0.5, 0.6) is 0 Å². The van der Waals surface area contributed by atoms with Gasteiger partial charge in [0, 0.05) is 19.3 Å². The van der Waals surface area contributed by atoms with E-state index in [9.17, 15) is 14.4 Å². The molecule has 0 rings (SSSR count). The van der Waals surface area contributed by atoms with Crippen molar-refractivity contribution < 1.29 is 28.6 Å². The highest BCUT2D eigenvalue weighted by molar-refractivity contribution is 5.71. The van der Waals surface area contributed by atoms with Gasteiger partial charge in [0.25, 0.3) is 0 Å². The van der Waals surface area contributed by atoms with Crippen LogP contribution in [0, 0.1) is 0 Å².